The Hall–Kier alpha value is -2.20. The van der Waals surface area contributed by atoms with Crippen molar-refractivity contribution in [1.82, 2.24) is 0 Å². The quantitative estimate of drug-likeness (QED) is 0.510. The maximum atomic E-state index is 8.72. The third-order valence-corrected chi connectivity index (χ3v) is 3.44. The Morgan fingerprint density at radius 2 is 1.48 bits per heavy atom. The zero-order valence-corrected chi connectivity index (χ0v) is 13.6. The molecule has 2 aromatic rings. The number of azo groups is 1. The van der Waals surface area contributed by atoms with Gasteiger partial charge in [-0.15, -0.1) is 0 Å². The van der Waals surface area contributed by atoms with Crippen molar-refractivity contribution in [2.75, 3.05) is 13.2 Å². The second-order valence-electron chi connectivity index (χ2n) is 5.39. The number of nitrogens with zero attached hydrogens (tertiary/aromatic N) is 2. The Labute approximate surface area is 137 Å². The van der Waals surface area contributed by atoms with Crippen LogP contribution in [-0.4, -0.2) is 18.3 Å². The lowest BCUT2D eigenvalue weighted by Crippen LogP contribution is -1.99. The van der Waals surface area contributed by atoms with Crippen molar-refractivity contribution >= 4 is 11.4 Å². The first-order chi connectivity index (χ1) is 11.3. The number of hydrogen-bond acceptors (Lipinski definition) is 4. The highest BCUT2D eigenvalue weighted by atomic mass is 16.5. The zero-order valence-electron chi connectivity index (χ0n) is 13.6. The van der Waals surface area contributed by atoms with Crippen LogP contribution in [0.3, 0.4) is 0 Å². The summed E-state index contributed by atoms with van der Waals surface area (Å²) in [5, 5.41) is 17.2. The molecule has 4 heteroatoms. The number of rotatable bonds is 9. The van der Waals surface area contributed by atoms with E-state index in [0.717, 1.165) is 23.5 Å². The molecule has 0 spiro atoms. The molecule has 0 aliphatic rings. The molecule has 0 fully saturated rings. The SMILES string of the molecule is CCCCc1ccc(N=Nc2ccc(OCCCO)cc2)cc1. The van der Waals surface area contributed by atoms with Gasteiger partial charge in [0.2, 0.25) is 0 Å². The fraction of sp³-hybridized carbons (Fsp3) is 0.368. The molecule has 1 N–H and O–H groups in total. The van der Waals surface area contributed by atoms with E-state index in [1.807, 2.05) is 36.4 Å². The second-order valence-corrected chi connectivity index (χ2v) is 5.39. The van der Waals surface area contributed by atoms with Crippen LogP contribution in [0.2, 0.25) is 0 Å². The van der Waals surface area contributed by atoms with Crippen LogP contribution in [0.1, 0.15) is 31.7 Å². The standard InChI is InChI=1S/C19H24N2O2/c1-2-3-5-16-6-8-17(9-7-16)20-21-18-10-12-19(13-11-18)23-15-4-14-22/h6-13,22H,2-5,14-15H2,1H3. The summed E-state index contributed by atoms with van der Waals surface area (Å²) in [6.07, 6.45) is 4.18. The number of aliphatic hydroxyl groups excluding tert-OH is 1. The maximum Gasteiger partial charge on any atom is 0.119 e. The van der Waals surface area contributed by atoms with Gasteiger partial charge in [-0.3, -0.25) is 0 Å². The lowest BCUT2D eigenvalue weighted by molar-refractivity contribution is 0.233. The Morgan fingerprint density at radius 3 is 2.04 bits per heavy atom. The van der Waals surface area contributed by atoms with Crippen molar-refractivity contribution in [3.63, 3.8) is 0 Å². The summed E-state index contributed by atoms with van der Waals surface area (Å²) in [5.41, 5.74) is 2.98. The summed E-state index contributed by atoms with van der Waals surface area (Å²) in [7, 11) is 0. The molecule has 0 unspecified atom stereocenters. The van der Waals surface area contributed by atoms with Gasteiger partial charge in [0.05, 0.1) is 18.0 Å². The second kappa shape index (κ2) is 9.74. The molecule has 0 heterocycles. The number of benzene rings is 2. The molecule has 2 aromatic carbocycles. The van der Waals surface area contributed by atoms with E-state index in [-0.39, 0.29) is 6.61 Å². The third kappa shape index (κ3) is 6.20. The third-order valence-electron chi connectivity index (χ3n) is 3.44. The van der Waals surface area contributed by atoms with E-state index in [2.05, 4.69) is 29.3 Å². The summed E-state index contributed by atoms with van der Waals surface area (Å²) < 4.78 is 5.48. The molecule has 0 aliphatic heterocycles. The highest BCUT2D eigenvalue weighted by Gasteiger charge is 1.96. The van der Waals surface area contributed by atoms with E-state index in [1.54, 1.807) is 0 Å². The van der Waals surface area contributed by atoms with Crippen LogP contribution >= 0.6 is 0 Å². The highest BCUT2D eigenvalue weighted by Crippen LogP contribution is 2.22. The number of ether oxygens (including phenoxy) is 1. The van der Waals surface area contributed by atoms with Crippen molar-refractivity contribution in [3.05, 3.63) is 54.1 Å². The summed E-state index contributed by atoms with van der Waals surface area (Å²) in [5.74, 6) is 0.776. The first-order valence-corrected chi connectivity index (χ1v) is 8.16. The molecule has 23 heavy (non-hydrogen) atoms. The van der Waals surface area contributed by atoms with E-state index in [4.69, 9.17) is 9.84 Å². The number of aliphatic hydroxyl groups is 1. The fourth-order valence-corrected chi connectivity index (χ4v) is 2.09. The highest BCUT2D eigenvalue weighted by molar-refractivity contribution is 5.43. The number of hydrogen-bond donors (Lipinski definition) is 1. The van der Waals surface area contributed by atoms with Crippen molar-refractivity contribution in [2.45, 2.75) is 32.6 Å². The van der Waals surface area contributed by atoms with Gasteiger partial charge in [-0.1, -0.05) is 25.5 Å². The molecule has 0 saturated heterocycles. The molecule has 122 valence electrons. The first kappa shape index (κ1) is 17.2. The molecule has 0 radical (unpaired) electrons. The van der Waals surface area contributed by atoms with Crippen LogP contribution in [0.15, 0.2) is 58.8 Å². The normalized spacial score (nSPS) is 11.0. The first-order valence-electron chi connectivity index (χ1n) is 8.16. The van der Waals surface area contributed by atoms with E-state index >= 15 is 0 Å². The number of unbranched alkanes of at least 4 members (excludes halogenated alkanes) is 1. The zero-order chi connectivity index (χ0) is 16.3. The van der Waals surface area contributed by atoms with Crippen LogP contribution in [-0.2, 0) is 6.42 Å². The minimum absolute atomic E-state index is 0.142. The average Bonchev–Trinajstić information content (AvgIpc) is 2.60. The largest absolute Gasteiger partial charge is 0.494 e. The Morgan fingerprint density at radius 1 is 0.870 bits per heavy atom. The minimum atomic E-state index is 0.142. The van der Waals surface area contributed by atoms with Crippen LogP contribution in [0, 0.1) is 0 Å². The van der Waals surface area contributed by atoms with Gasteiger partial charge in [0.15, 0.2) is 0 Å². The molecule has 0 saturated carbocycles. The van der Waals surface area contributed by atoms with Gasteiger partial charge < -0.3 is 9.84 Å². The topological polar surface area (TPSA) is 54.2 Å². The van der Waals surface area contributed by atoms with E-state index in [9.17, 15) is 0 Å². The molecular formula is C19H24N2O2. The average molecular weight is 312 g/mol. The summed E-state index contributed by atoms with van der Waals surface area (Å²) in [4.78, 5) is 0. The van der Waals surface area contributed by atoms with Gasteiger partial charge >= 0.3 is 0 Å². The van der Waals surface area contributed by atoms with Crippen molar-refractivity contribution in [1.29, 1.82) is 0 Å². The predicted octanol–water partition coefficient (Wildman–Crippen LogP) is 5.21. The predicted molar refractivity (Wildman–Crippen MR) is 92.9 cm³/mol. The van der Waals surface area contributed by atoms with E-state index in [1.165, 1.54) is 18.4 Å². The van der Waals surface area contributed by atoms with E-state index < -0.39 is 0 Å². The van der Waals surface area contributed by atoms with Crippen LogP contribution in [0.5, 0.6) is 5.75 Å². The molecule has 0 bridgehead atoms. The molecular weight excluding hydrogens is 288 g/mol. The lowest BCUT2D eigenvalue weighted by Gasteiger charge is -2.04. The van der Waals surface area contributed by atoms with Crippen LogP contribution in [0.25, 0.3) is 0 Å². The molecule has 4 nitrogen and oxygen atoms in total. The van der Waals surface area contributed by atoms with Gasteiger partial charge in [-0.2, -0.15) is 10.2 Å². The van der Waals surface area contributed by atoms with Gasteiger partial charge in [0.25, 0.3) is 0 Å². The van der Waals surface area contributed by atoms with Crippen LogP contribution in [0.4, 0.5) is 11.4 Å². The lowest BCUT2D eigenvalue weighted by atomic mass is 10.1. The molecule has 0 amide bonds. The monoisotopic (exact) mass is 312 g/mol. The smallest absolute Gasteiger partial charge is 0.119 e. The van der Waals surface area contributed by atoms with Crippen molar-refractivity contribution in [2.24, 2.45) is 10.2 Å². The van der Waals surface area contributed by atoms with Gasteiger partial charge in [-0.05, 0) is 54.8 Å². The van der Waals surface area contributed by atoms with Crippen LogP contribution < -0.4 is 4.74 Å². The minimum Gasteiger partial charge on any atom is -0.494 e. The van der Waals surface area contributed by atoms with E-state index in [0.29, 0.717) is 13.0 Å². The Kier molecular flexibility index (Phi) is 7.27. The number of aryl methyl sites for hydroxylation is 1. The molecule has 0 aromatic heterocycles. The maximum absolute atomic E-state index is 8.72. The van der Waals surface area contributed by atoms with Crippen molar-refractivity contribution < 1.29 is 9.84 Å². The molecule has 0 atom stereocenters. The Bertz CT molecular complexity index is 592. The van der Waals surface area contributed by atoms with Gasteiger partial charge in [-0.25, -0.2) is 0 Å². The fourth-order valence-electron chi connectivity index (χ4n) is 2.09. The molecule has 0 aliphatic carbocycles. The summed E-state index contributed by atoms with van der Waals surface area (Å²) >= 11 is 0. The van der Waals surface area contributed by atoms with Gasteiger partial charge in [0, 0.05) is 13.0 Å². The summed E-state index contributed by atoms with van der Waals surface area (Å²) in [6.45, 7) is 2.86. The van der Waals surface area contributed by atoms with Crippen molar-refractivity contribution in [3.8, 4) is 5.75 Å². The Balaban J connectivity index is 1.89. The summed E-state index contributed by atoms with van der Waals surface area (Å²) in [6, 6.07) is 15.7. The van der Waals surface area contributed by atoms with Gasteiger partial charge in [0.1, 0.15) is 5.75 Å². The molecule has 2 rings (SSSR count).